The summed E-state index contributed by atoms with van der Waals surface area (Å²) < 4.78 is 11.3. The van der Waals surface area contributed by atoms with E-state index in [0.717, 1.165) is 32.3 Å². The van der Waals surface area contributed by atoms with Crippen LogP contribution in [-0.4, -0.2) is 31.2 Å². The molecule has 2 aliphatic rings. The van der Waals surface area contributed by atoms with Crippen LogP contribution in [0.4, 0.5) is 0 Å². The van der Waals surface area contributed by atoms with E-state index in [1.54, 1.807) is 0 Å². The fraction of sp³-hybridized carbons (Fsp3) is 0.933. The minimum absolute atomic E-state index is 0.0441. The van der Waals surface area contributed by atoms with Crippen molar-refractivity contribution in [2.45, 2.75) is 63.9 Å². The molecule has 18 heavy (non-hydrogen) atoms. The molecule has 1 unspecified atom stereocenters. The van der Waals surface area contributed by atoms with Crippen molar-refractivity contribution in [2.75, 3.05) is 19.8 Å². The molecule has 3 heteroatoms. The minimum Gasteiger partial charge on any atom is -0.381 e. The third-order valence-corrected chi connectivity index (χ3v) is 4.41. The Kier molecular flexibility index (Phi) is 5.19. The van der Waals surface area contributed by atoms with Gasteiger partial charge in [-0.3, -0.25) is 4.79 Å². The zero-order valence-corrected chi connectivity index (χ0v) is 11.6. The Bertz CT molecular complexity index is 263. The maximum atomic E-state index is 12.2. The van der Waals surface area contributed by atoms with Crippen molar-refractivity contribution in [1.82, 2.24) is 0 Å². The first-order valence-corrected chi connectivity index (χ1v) is 7.50. The molecule has 0 amide bonds. The SMILES string of the molecule is CCOCCC(=O)C1CCOC2(CCCCC2)C1. The van der Waals surface area contributed by atoms with Gasteiger partial charge in [0.15, 0.2) is 0 Å². The fourth-order valence-corrected chi connectivity index (χ4v) is 3.37. The van der Waals surface area contributed by atoms with Crippen LogP contribution in [0, 0.1) is 5.92 Å². The molecule has 0 aromatic heterocycles. The molecule has 3 nitrogen and oxygen atoms in total. The Morgan fingerprint density at radius 2 is 2.11 bits per heavy atom. The first-order chi connectivity index (χ1) is 8.76. The van der Waals surface area contributed by atoms with Crippen LogP contribution >= 0.6 is 0 Å². The van der Waals surface area contributed by atoms with E-state index in [9.17, 15) is 4.79 Å². The Balaban J connectivity index is 1.83. The number of ether oxygens (including phenoxy) is 2. The second-order valence-corrected chi connectivity index (χ2v) is 5.70. The number of carbonyl (C=O) groups excluding carboxylic acids is 1. The molecule has 0 radical (unpaired) electrons. The molecule has 1 heterocycles. The van der Waals surface area contributed by atoms with Crippen LogP contribution in [0.2, 0.25) is 0 Å². The average molecular weight is 254 g/mol. The highest BCUT2D eigenvalue weighted by Gasteiger charge is 2.40. The molecule has 1 aliphatic heterocycles. The Morgan fingerprint density at radius 3 is 2.83 bits per heavy atom. The van der Waals surface area contributed by atoms with Gasteiger partial charge in [-0.05, 0) is 32.6 Å². The van der Waals surface area contributed by atoms with E-state index in [1.807, 2.05) is 6.92 Å². The summed E-state index contributed by atoms with van der Waals surface area (Å²) in [6, 6.07) is 0. The Hall–Kier alpha value is -0.410. The summed E-state index contributed by atoms with van der Waals surface area (Å²) in [5, 5.41) is 0. The Labute approximate surface area is 110 Å². The molecule has 2 fully saturated rings. The van der Waals surface area contributed by atoms with Crippen LogP contribution in [-0.2, 0) is 14.3 Å². The number of hydrogen-bond donors (Lipinski definition) is 0. The monoisotopic (exact) mass is 254 g/mol. The quantitative estimate of drug-likeness (QED) is 0.707. The van der Waals surface area contributed by atoms with E-state index >= 15 is 0 Å². The van der Waals surface area contributed by atoms with Gasteiger partial charge in [-0.25, -0.2) is 0 Å². The number of rotatable bonds is 5. The first-order valence-electron chi connectivity index (χ1n) is 7.50. The molecule has 0 aromatic rings. The van der Waals surface area contributed by atoms with Crippen LogP contribution in [0.3, 0.4) is 0 Å². The molecule has 0 N–H and O–H groups in total. The van der Waals surface area contributed by atoms with Crippen LogP contribution in [0.1, 0.15) is 58.3 Å². The molecular weight excluding hydrogens is 228 g/mol. The predicted octanol–water partition coefficient (Wildman–Crippen LogP) is 3.11. The summed E-state index contributed by atoms with van der Waals surface area (Å²) in [6.07, 6.45) is 8.61. The highest BCUT2D eigenvalue weighted by molar-refractivity contribution is 5.81. The number of hydrogen-bond acceptors (Lipinski definition) is 3. The van der Waals surface area contributed by atoms with E-state index in [0.29, 0.717) is 25.4 Å². The topological polar surface area (TPSA) is 35.5 Å². The van der Waals surface area contributed by atoms with Crippen LogP contribution in [0.25, 0.3) is 0 Å². The molecule has 1 spiro atoms. The molecule has 1 saturated heterocycles. The van der Waals surface area contributed by atoms with E-state index in [2.05, 4.69) is 0 Å². The highest BCUT2D eigenvalue weighted by Crippen LogP contribution is 2.41. The second-order valence-electron chi connectivity index (χ2n) is 5.70. The third kappa shape index (κ3) is 3.55. The molecule has 1 saturated carbocycles. The molecule has 104 valence electrons. The lowest BCUT2D eigenvalue weighted by Gasteiger charge is -2.43. The van der Waals surface area contributed by atoms with Crippen LogP contribution in [0.5, 0.6) is 0 Å². The molecular formula is C15H26O3. The molecule has 1 aliphatic carbocycles. The van der Waals surface area contributed by atoms with Crippen LogP contribution in [0.15, 0.2) is 0 Å². The van der Waals surface area contributed by atoms with Gasteiger partial charge in [0, 0.05) is 25.6 Å². The van der Waals surface area contributed by atoms with Gasteiger partial charge in [-0.15, -0.1) is 0 Å². The van der Waals surface area contributed by atoms with E-state index < -0.39 is 0 Å². The lowest BCUT2D eigenvalue weighted by molar-refractivity contribution is -0.143. The van der Waals surface area contributed by atoms with Crippen molar-refractivity contribution >= 4 is 5.78 Å². The maximum absolute atomic E-state index is 12.2. The Morgan fingerprint density at radius 1 is 1.33 bits per heavy atom. The summed E-state index contributed by atoms with van der Waals surface area (Å²) in [4.78, 5) is 12.2. The lowest BCUT2D eigenvalue weighted by Crippen LogP contribution is -2.43. The van der Waals surface area contributed by atoms with Crippen LogP contribution < -0.4 is 0 Å². The van der Waals surface area contributed by atoms with Crippen molar-refractivity contribution in [3.63, 3.8) is 0 Å². The van der Waals surface area contributed by atoms with Crippen molar-refractivity contribution in [3.05, 3.63) is 0 Å². The number of carbonyl (C=O) groups is 1. The molecule has 1 atom stereocenters. The van der Waals surface area contributed by atoms with Crippen molar-refractivity contribution in [1.29, 1.82) is 0 Å². The van der Waals surface area contributed by atoms with Crippen molar-refractivity contribution in [2.24, 2.45) is 5.92 Å². The van der Waals surface area contributed by atoms with Gasteiger partial charge in [-0.1, -0.05) is 19.3 Å². The molecule has 2 rings (SSSR count). The first kappa shape index (κ1) is 14.0. The normalized spacial score (nSPS) is 27.3. The molecule has 0 aromatic carbocycles. The summed E-state index contributed by atoms with van der Waals surface area (Å²) in [5.74, 6) is 0.606. The maximum Gasteiger partial charge on any atom is 0.138 e. The largest absolute Gasteiger partial charge is 0.381 e. The third-order valence-electron chi connectivity index (χ3n) is 4.41. The zero-order chi connectivity index (χ0) is 12.8. The second kappa shape index (κ2) is 6.67. The summed E-state index contributed by atoms with van der Waals surface area (Å²) in [6.45, 7) is 4.02. The van der Waals surface area contributed by atoms with E-state index in [-0.39, 0.29) is 11.5 Å². The van der Waals surface area contributed by atoms with Gasteiger partial charge in [0.2, 0.25) is 0 Å². The van der Waals surface area contributed by atoms with Crippen molar-refractivity contribution in [3.8, 4) is 0 Å². The lowest BCUT2D eigenvalue weighted by atomic mass is 9.75. The van der Waals surface area contributed by atoms with Gasteiger partial charge in [0.05, 0.1) is 12.2 Å². The van der Waals surface area contributed by atoms with Gasteiger partial charge < -0.3 is 9.47 Å². The van der Waals surface area contributed by atoms with Gasteiger partial charge in [-0.2, -0.15) is 0 Å². The predicted molar refractivity (Wildman–Crippen MR) is 70.6 cm³/mol. The van der Waals surface area contributed by atoms with Gasteiger partial charge >= 0.3 is 0 Å². The van der Waals surface area contributed by atoms with Gasteiger partial charge in [0.25, 0.3) is 0 Å². The molecule has 0 bridgehead atoms. The smallest absolute Gasteiger partial charge is 0.138 e. The van der Waals surface area contributed by atoms with Gasteiger partial charge in [0.1, 0.15) is 5.78 Å². The number of Topliss-reactive ketones (excluding diaryl/α,β-unsaturated/α-hetero) is 1. The highest BCUT2D eigenvalue weighted by atomic mass is 16.5. The van der Waals surface area contributed by atoms with E-state index in [4.69, 9.17) is 9.47 Å². The van der Waals surface area contributed by atoms with E-state index in [1.165, 1.54) is 19.3 Å². The zero-order valence-electron chi connectivity index (χ0n) is 11.6. The summed E-state index contributed by atoms with van der Waals surface area (Å²) in [7, 11) is 0. The standard InChI is InChI=1S/C15H26O3/c1-2-17-10-7-14(16)13-6-11-18-15(12-13)8-4-3-5-9-15/h13H,2-12H2,1H3. The fourth-order valence-electron chi connectivity index (χ4n) is 3.37. The number of ketones is 1. The minimum atomic E-state index is 0.0441. The summed E-state index contributed by atoms with van der Waals surface area (Å²) in [5.41, 5.74) is 0.0441. The van der Waals surface area contributed by atoms with Crippen molar-refractivity contribution < 1.29 is 14.3 Å². The summed E-state index contributed by atoms with van der Waals surface area (Å²) >= 11 is 0. The average Bonchev–Trinajstić information content (AvgIpc) is 2.40.